The molecule has 2 aromatic rings. The van der Waals surface area contributed by atoms with Crippen LogP contribution in [0.5, 0.6) is 0 Å². The number of cyclic esters (lactones) is 1. The van der Waals surface area contributed by atoms with Crippen molar-refractivity contribution in [1.29, 1.82) is 0 Å². The van der Waals surface area contributed by atoms with E-state index >= 15 is 0 Å². The fourth-order valence-corrected chi connectivity index (χ4v) is 3.43. The number of benzene rings is 1. The molecule has 1 amide bonds. The molecule has 1 aromatic carbocycles. The number of carbonyl (C=O) groups is 2. The third-order valence-electron chi connectivity index (χ3n) is 4.94. The maximum absolute atomic E-state index is 14.6. The number of piperazine rings is 1. The Bertz CT molecular complexity index is 993. The number of nitrogens with zero attached hydrogens (tertiary/aromatic N) is 5. The third kappa shape index (κ3) is 6.31. The van der Waals surface area contributed by atoms with Crippen LogP contribution in [0.3, 0.4) is 0 Å². The second-order valence-corrected chi connectivity index (χ2v) is 7.47. The number of rotatable bonds is 4. The Hall–Kier alpha value is -3.42. The number of ether oxygens (including phenoxy) is 1. The molecule has 33 heavy (non-hydrogen) atoms. The van der Waals surface area contributed by atoms with Gasteiger partial charge in [-0.3, -0.25) is 4.90 Å². The summed E-state index contributed by atoms with van der Waals surface area (Å²) in [5, 5.41) is 18.9. The van der Waals surface area contributed by atoms with E-state index in [2.05, 4.69) is 15.6 Å². The third-order valence-corrected chi connectivity index (χ3v) is 4.94. The van der Waals surface area contributed by atoms with E-state index in [9.17, 15) is 22.4 Å². The van der Waals surface area contributed by atoms with Crippen LogP contribution in [0.4, 0.5) is 33.7 Å². The van der Waals surface area contributed by atoms with Crippen molar-refractivity contribution in [2.45, 2.75) is 25.7 Å². The van der Waals surface area contributed by atoms with Crippen LogP contribution in [0.15, 0.2) is 24.4 Å². The van der Waals surface area contributed by atoms with Gasteiger partial charge < -0.3 is 24.9 Å². The van der Waals surface area contributed by atoms with Crippen molar-refractivity contribution >= 4 is 23.4 Å². The average Bonchev–Trinajstić information content (AvgIpc) is 3.33. The van der Waals surface area contributed by atoms with Gasteiger partial charge in [-0.05, 0) is 25.1 Å². The molecule has 2 saturated heterocycles. The minimum Gasteiger partial charge on any atom is -0.542 e. The Kier molecular flexibility index (Phi) is 7.36. The minimum atomic E-state index is -5.19. The van der Waals surface area contributed by atoms with Crippen molar-refractivity contribution in [3.05, 3.63) is 35.9 Å². The summed E-state index contributed by atoms with van der Waals surface area (Å²) in [4.78, 5) is 24.5. The van der Waals surface area contributed by atoms with Gasteiger partial charge in [-0.25, -0.2) is 13.9 Å². The highest BCUT2D eigenvalue weighted by Gasteiger charge is 2.33. The Morgan fingerprint density at radius 3 is 2.52 bits per heavy atom. The number of anilines is 2. The van der Waals surface area contributed by atoms with Crippen LogP contribution < -0.4 is 20.2 Å². The molecular weight excluding hydrogens is 452 g/mol. The van der Waals surface area contributed by atoms with Crippen LogP contribution in [0.1, 0.15) is 5.69 Å². The summed E-state index contributed by atoms with van der Waals surface area (Å²) < 4.78 is 53.2. The monoisotopic (exact) mass is 474 g/mol. The maximum Gasteiger partial charge on any atom is 0.430 e. The number of amides is 1. The van der Waals surface area contributed by atoms with Gasteiger partial charge in [0.2, 0.25) is 0 Å². The Balaban J connectivity index is 0.000000383. The molecule has 10 nitrogen and oxygen atoms in total. The number of aliphatic carboxylic acids is 1. The molecule has 1 atom stereocenters. The summed E-state index contributed by atoms with van der Waals surface area (Å²) in [6.45, 7) is 6.19. The van der Waals surface area contributed by atoms with E-state index in [4.69, 9.17) is 14.6 Å². The van der Waals surface area contributed by atoms with Gasteiger partial charge in [0.05, 0.1) is 56.3 Å². The molecule has 14 heteroatoms. The lowest BCUT2D eigenvalue weighted by Crippen LogP contribution is -2.89. The van der Waals surface area contributed by atoms with Crippen molar-refractivity contribution in [3.8, 4) is 0 Å². The first-order chi connectivity index (χ1) is 15.5. The summed E-state index contributed by atoms with van der Waals surface area (Å²) in [6.07, 6.45) is -4.21. The Morgan fingerprint density at radius 1 is 1.30 bits per heavy atom. The van der Waals surface area contributed by atoms with Crippen LogP contribution in [0.25, 0.3) is 0 Å². The minimum absolute atomic E-state index is 0.312. The highest BCUT2D eigenvalue weighted by Crippen LogP contribution is 2.28. The molecule has 180 valence electrons. The summed E-state index contributed by atoms with van der Waals surface area (Å²) >= 11 is 0. The number of hydrogen-bond donors (Lipinski definition) is 1. The normalized spacial score (nSPS) is 18.6. The van der Waals surface area contributed by atoms with Gasteiger partial charge in [0.15, 0.2) is 0 Å². The molecule has 2 N–H and O–H groups in total. The molecule has 0 unspecified atom stereocenters. The molecule has 0 aliphatic carbocycles. The molecule has 2 aliphatic heterocycles. The molecule has 2 aliphatic rings. The smallest absolute Gasteiger partial charge is 0.430 e. The highest BCUT2D eigenvalue weighted by atomic mass is 19.4. The SMILES string of the molecule is Cc1cn(C[C@H]2CN(c3ccc(N4CC[NH2+]CC4)c(F)c3)C(=O)O2)nn1.O=C([O-])C(F)(F)F. The molecule has 0 radical (unpaired) electrons. The van der Waals surface area contributed by atoms with Crippen molar-refractivity contribution < 1.29 is 42.3 Å². The van der Waals surface area contributed by atoms with Gasteiger partial charge in [0, 0.05) is 6.20 Å². The van der Waals surface area contributed by atoms with E-state index in [0.29, 0.717) is 24.5 Å². The average molecular weight is 474 g/mol. The van der Waals surface area contributed by atoms with E-state index in [-0.39, 0.29) is 11.9 Å². The van der Waals surface area contributed by atoms with Crippen LogP contribution in [-0.4, -0.2) is 72.1 Å². The fourth-order valence-electron chi connectivity index (χ4n) is 3.43. The number of nitrogens with two attached hydrogens (primary N) is 1. The number of carbonyl (C=O) groups excluding carboxylic acids is 2. The van der Waals surface area contributed by atoms with E-state index in [0.717, 1.165) is 31.9 Å². The van der Waals surface area contributed by atoms with Crippen LogP contribution in [0, 0.1) is 12.7 Å². The largest absolute Gasteiger partial charge is 0.542 e. The number of carboxylic acids is 1. The van der Waals surface area contributed by atoms with Crippen molar-refractivity contribution in [2.24, 2.45) is 0 Å². The van der Waals surface area contributed by atoms with E-state index < -0.39 is 18.2 Å². The first-order valence-electron chi connectivity index (χ1n) is 10.0. The Labute approximate surface area is 185 Å². The van der Waals surface area contributed by atoms with Gasteiger partial charge in [0.25, 0.3) is 0 Å². The number of halogens is 4. The van der Waals surface area contributed by atoms with Crippen LogP contribution in [-0.2, 0) is 16.1 Å². The maximum atomic E-state index is 14.6. The quantitative estimate of drug-likeness (QED) is 0.590. The standard InChI is InChI=1S/C17H21FN6O2.C2HF3O2/c1-12-9-23(21-20-12)10-14-11-24(17(25)26-14)13-2-3-16(15(18)8-13)22-6-4-19-5-7-22;3-2(4,5)1(6)7/h2-3,8-9,14,19H,4-7,10-11H2,1H3;(H,6,7)/t14-;/m0./s1. The summed E-state index contributed by atoms with van der Waals surface area (Å²) in [5.41, 5.74) is 1.90. The van der Waals surface area contributed by atoms with E-state index in [1.807, 2.05) is 11.8 Å². The van der Waals surface area contributed by atoms with Gasteiger partial charge in [-0.2, -0.15) is 13.2 Å². The van der Waals surface area contributed by atoms with Crippen molar-refractivity contribution in [3.63, 3.8) is 0 Å². The van der Waals surface area contributed by atoms with Gasteiger partial charge in [0.1, 0.15) is 17.9 Å². The number of quaternary nitrogens is 1. The summed E-state index contributed by atoms with van der Waals surface area (Å²) in [6, 6.07) is 4.94. The fraction of sp³-hybridized carbons (Fsp3) is 0.474. The number of aryl methyl sites for hydroxylation is 1. The van der Waals surface area contributed by atoms with E-state index in [1.165, 1.54) is 11.0 Å². The second kappa shape index (κ2) is 10.0. The molecule has 2 fully saturated rings. The molecule has 4 rings (SSSR count). The first-order valence-corrected chi connectivity index (χ1v) is 10.0. The molecule has 0 saturated carbocycles. The number of alkyl halides is 3. The topological polar surface area (TPSA) is 120 Å². The lowest BCUT2D eigenvalue weighted by atomic mass is 10.2. The lowest BCUT2D eigenvalue weighted by Gasteiger charge is -2.28. The highest BCUT2D eigenvalue weighted by molar-refractivity contribution is 5.90. The predicted octanol–water partition coefficient (Wildman–Crippen LogP) is -0.567. The number of aromatic nitrogens is 3. The van der Waals surface area contributed by atoms with Crippen LogP contribution >= 0.6 is 0 Å². The zero-order valence-corrected chi connectivity index (χ0v) is 17.6. The van der Waals surface area contributed by atoms with Crippen molar-refractivity contribution in [1.82, 2.24) is 15.0 Å². The molecule has 0 spiro atoms. The number of hydrogen-bond acceptors (Lipinski definition) is 7. The number of carboxylic acid groups (broad SMARTS) is 1. The van der Waals surface area contributed by atoms with Gasteiger partial charge in [-0.1, -0.05) is 5.21 Å². The lowest BCUT2D eigenvalue weighted by molar-refractivity contribution is -0.655. The van der Waals surface area contributed by atoms with Gasteiger partial charge in [-0.15, -0.1) is 5.10 Å². The van der Waals surface area contributed by atoms with Gasteiger partial charge >= 0.3 is 12.3 Å². The summed E-state index contributed by atoms with van der Waals surface area (Å²) in [5.74, 6) is -3.32. The summed E-state index contributed by atoms with van der Waals surface area (Å²) in [7, 11) is 0. The molecular formula is C19H22F4N6O4. The molecule has 3 heterocycles. The second-order valence-electron chi connectivity index (χ2n) is 7.47. The predicted molar refractivity (Wildman–Crippen MR) is 104 cm³/mol. The van der Waals surface area contributed by atoms with Crippen molar-refractivity contribution in [2.75, 3.05) is 42.5 Å². The molecule has 1 aromatic heterocycles. The van der Waals surface area contributed by atoms with E-state index in [1.54, 1.807) is 23.0 Å². The first kappa shape index (κ1) is 24.2. The van der Waals surface area contributed by atoms with Crippen LogP contribution in [0.2, 0.25) is 0 Å². The molecule has 0 bridgehead atoms. The zero-order chi connectivity index (χ0) is 24.2. The Morgan fingerprint density at radius 2 is 1.97 bits per heavy atom. The zero-order valence-electron chi connectivity index (χ0n) is 17.6.